The van der Waals surface area contributed by atoms with Gasteiger partial charge in [0.2, 0.25) is 0 Å². The van der Waals surface area contributed by atoms with Crippen LogP contribution in [-0.4, -0.2) is 24.1 Å². The minimum Gasteiger partial charge on any atom is -0.499 e. The van der Waals surface area contributed by atoms with E-state index < -0.39 is 0 Å². The number of carbonyl (C=O) groups is 1. The van der Waals surface area contributed by atoms with Crippen molar-refractivity contribution in [2.24, 2.45) is 0 Å². The second-order valence-corrected chi connectivity index (χ2v) is 2.40. The molecule has 5 nitrogen and oxygen atoms in total. The van der Waals surface area contributed by atoms with Crippen molar-refractivity contribution in [3.63, 3.8) is 0 Å². The van der Waals surface area contributed by atoms with Gasteiger partial charge in [-0.05, 0) is 12.1 Å². The lowest BCUT2D eigenvalue weighted by molar-refractivity contribution is 0.0142. The summed E-state index contributed by atoms with van der Waals surface area (Å²) in [6, 6.07) is 3.38. The van der Waals surface area contributed by atoms with Crippen LogP contribution in [-0.2, 0) is 9.57 Å². The third-order valence-electron chi connectivity index (χ3n) is 1.43. The van der Waals surface area contributed by atoms with Crippen LogP contribution >= 0.6 is 0 Å². The summed E-state index contributed by atoms with van der Waals surface area (Å²) in [5, 5.41) is 0. The van der Waals surface area contributed by atoms with E-state index in [9.17, 15) is 4.79 Å². The van der Waals surface area contributed by atoms with Crippen LogP contribution in [0.2, 0.25) is 0 Å². The smallest absolute Gasteiger partial charge is 0.291 e. The Hall–Kier alpha value is -1.75. The van der Waals surface area contributed by atoms with Gasteiger partial charge in [0, 0.05) is 6.20 Å². The van der Waals surface area contributed by atoms with Gasteiger partial charge in [-0.25, -0.2) is 5.48 Å². The molecule has 0 aliphatic carbocycles. The molecule has 0 saturated heterocycles. The highest BCUT2D eigenvalue weighted by molar-refractivity contribution is 5.91. The second kappa shape index (κ2) is 5.82. The molecule has 0 fully saturated rings. The summed E-state index contributed by atoms with van der Waals surface area (Å²) in [5.74, 6) is -0.311. The average Bonchev–Trinajstić information content (AvgIpc) is 2.70. The molecule has 76 valence electrons. The molecule has 2 N–H and O–H groups in total. The Labute approximate surface area is 81.7 Å². The van der Waals surface area contributed by atoms with Crippen LogP contribution in [0, 0.1) is 0 Å². The predicted molar refractivity (Wildman–Crippen MR) is 50.4 cm³/mol. The molecule has 0 saturated carbocycles. The lowest BCUT2D eigenvalue weighted by Crippen LogP contribution is -2.25. The first-order chi connectivity index (χ1) is 6.84. The van der Waals surface area contributed by atoms with Gasteiger partial charge in [0.1, 0.15) is 18.9 Å². The fraction of sp³-hybridized carbons (Fsp3) is 0.222. The Morgan fingerprint density at radius 3 is 3.14 bits per heavy atom. The van der Waals surface area contributed by atoms with Crippen LogP contribution in [0.1, 0.15) is 10.5 Å². The summed E-state index contributed by atoms with van der Waals surface area (Å²) in [6.45, 7) is 4.00. The molecule has 1 rings (SSSR count). The number of amides is 1. The molecular weight excluding hydrogens is 184 g/mol. The number of ether oxygens (including phenoxy) is 1. The van der Waals surface area contributed by atoms with Gasteiger partial charge in [0.05, 0.1) is 6.26 Å². The molecule has 1 aromatic heterocycles. The first-order valence-electron chi connectivity index (χ1n) is 4.12. The van der Waals surface area contributed by atoms with Crippen LogP contribution in [0.25, 0.3) is 0 Å². The molecule has 0 aromatic carbocycles. The lowest BCUT2D eigenvalue weighted by Gasteiger charge is -2.03. The number of hydrogen-bond acceptors (Lipinski definition) is 3. The number of aromatic nitrogens is 1. The van der Waals surface area contributed by atoms with Gasteiger partial charge in [-0.2, -0.15) is 0 Å². The summed E-state index contributed by atoms with van der Waals surface area (Å²) in [5.41, 5.74) is 2.71. The molecule has 0 bridgehead atoms. The summed E-state index contributed by atoms with van der Waals surface area (Å²) in [6.07, 6.45) is 2.98. The largest absolute Gasteiger partial charge is 0.499 e. The maximum atomic E-state index is 11.2. The van der Waals surface area contributed by atoms with Crippen molar-refractivity contribution in [1.29, 1.82) is 0 Å². The maximum absolute atomic E-state index is 11.2. The van der Waals surface area contributed by atoms with Crippen LogP contribution in [0.3, 0.4) is 0 Å². The lowest BCUT2D eigenvalue weighted by atomic mass is 10.4. The van der Waals surface area contributed by atoms with Crippen LogP contribution in [0.5, 0.6) is 0 Å². The topological polar surface area (TPSA) is 63.4 Å². The number of carbonyl (C=O) groups excluding carboxylic acids is 1. The van der Waals surface area contributed by atoms with Gasteiger partial charge in [0.15, 0.2) is 0 Å². The van der Waals surface area contributed by atoms with Crippen molar-refractivity contribution in [3.8, 4) is 0 Å². The van der Waals surface area contributed by atoms with E-state index in [0.717, 1.165) is 0 Å². The number of nitrogens with one attached hydrogen (secondary N) is 2. The fourth-order valence-corrected chi connectivity index (χ4v) is 0.816. The number of rotatable bonds is 6. The van der Waals surface area contributed by atoms with E-state index in [-0.39, 0.29) is 12.5 Å². The first-order valence-corrected chi connectivity index (χ1v) is 4.12. The van der Waals surface area contributed by atoms with E-state index in [2.05, 4.69) is 17.0 Å². The van der Waals surface area contributed by atoms with Crippen molar-refractivity contribution in [3.05, 3.63) is 36.9 Å². The molecule has 14 heavy (non-hydrogen) atoms. The minimum absolute atomic E-state index is 0.276. The molecule has 0 unspecified atom stereocenters. The van der Waals surface area contributed by atoms with Crippen molar-refractivity contribution in [1.82, 2.24) is 10.5 Å². The van der Waals surface area contributed by atoms with Gasteiger partial charge >= 0.3 is 0 Å². The third-order valence-corrected chi connectivity index (χ3v) is 1.43. The standard InChI is InChI=1S/C9H12N2O3/c1-2-13-6-7-14-11-9(12)8-4-3-5-10-8/h2-5,10H,1,6-7H2,(H,11,12). The average molecular weight is 196 g/mol. The highest BCUT2D eigenvalue weighted by atomic mass is 16.7. The SMILES string of the molecule is C=COCCONC(=O)c1ccc[nH]1. The number of aromatic amines is 1. The molecule has 0 aliphatic heterocycles. The van der Waals surface area contributed by atoms with Gasteiger partial charge in [-0.3, -0.25) is 9.63 Å². The Bertz CT molecular complexity index is 282. The van der Waals surface area contributed by atoms with E-state index in [1.54, 1.807) is 18.3 Å². The van der Waals surface area contributed by atoms with Gasteiger partial charge in [-0.1, -0.05) is 6.58 Å². The summed E-state index contributed by atoms with van der Waals surface area (Å²) >= 11 is 0. The molecule has 1 aromatic rings. The number of H-pyrrole nitrogens is 1. The fourth-order valence-electron chi connectivity index (χ4n) is 0.816. The first kappa shape index (κ1) is 10.3. The Morgan fingerprint density at radius 1 is 1.64 bits per heavy atom. The molecule has 0 atom stereocenters. The summed E-state index contributed by atoms with van der Waals surface area (Å²) < 4.78 is 4.79. The normalized spacial score (nSPS) is 9.43. The molecule has 0 radical (unpaired) electrons. The van der Waals surface area contributed by atoms with Crippen molar-refractivity contribution in [2.45, 2.75) is 0 Å². The zero-order valence-corrected chi connectivity index (χ0v) is 7.66. The van der Waals surface area contributed by atoms with E-state index in [0.29, 0.717) is 12.3 Å². The quantitative estimate of drug-likeness (QED) is 0.402. The third kappa shape index (κ3) is 3.32. The Morgan fingerprint density at radius 2 is 2.50 bits per heavy atom. The zero-order chi connectivity index (χ0) is 10.2. The molecule has 1 amide bonds. The van der Waals surface area contributed by atoms with Crippen molar-refractivity contribution in [2.75, 3.05) is 13.2 Å². The molecular formula is C9H12N2O3. The Kier molecular flexibility index (Phi) is 4.30. The summed E-state index contributed by atoms with van der Waals surface area (Å²) in [4.78, 5) is 18.8. The second-order valence-electron chi connectivity index (χ2n) is 2.40. The highest BCUT2D eigenvalue weighted by Gasteiger charge is 2.04. The van der Waals surface area contributed by atoms with Crippen LogP contribution in [0.15, 0.2) is 31.2 Å². The van der Waals surface area contributed by atoms with Crippen LogP contribution in [0.4, 0.5) is 0 Å². The highest BCUT2D eigenvalue weighted by Crippen LogP contribution is 1.93. The van der Waals surface area contributed by atoms with Crippen LogP contribution < -0.4 is 5.48 Å². The Balaban J connectivity index is 2.13. The van der Waals surface area contributed by atoms with E-state index in [1.165, 1.54) is 6.26 Å². The molecule has 5 heteroatoms. The molecule has 1 heterocycles. The van der Waals surface area contributed by atoms with Crippen molar-refractivity contribution < 1.29 is 14.4 Å². The number of hydroxylamine groups is 1. The van der Waals surface area contributed by atoms with E-state index >= 15 is 0 Å². The monoisotopic (exact) mass is 196 g/mol. The van der Waals surface area contributed by atoms with Gasteiger partial charge < -0.3 is 9.72 Å². The van der Waals surface area contributed by atoms with Gasteiger partial charge in [-0.15, -0.1) is 0 Å². The minimum atomic E-state index is -0.311. The molecule has 0 spiro atoms. The van der Waals surface area contributed by atoms with E-state index in [4.69, 9.17) is 9.57 Å². The molecule has 0 aliphatic rings. The zero-order valence-electron chi connectivity index (χ0n) is 7.66. The van der Waals surface area contributed by atoms with E-state index in [1.807, 2.05) is 0 Å². The maximum Gasteiger partial charge on any atom is 0.291 e. The van der Waals surface area contributed by atoms with Crippen molar-refractivity contribution >= 4 is 5.91 Å². The number of hydrogen-bond donors (Lipinski definition) is 2. The predicted octanol–water partition coefficient (Wildman–Crippen LogP) is 0.836. The van der Waals surface area contributed by atoms with Gasteiger partial charge in [0.25, 0.3) is 5.91 Å². The summed E-state index contributed by atoms with van der Waals surface area (Å²) in [7, 11) is 0.